The van der Waals surface area contributed by atoms with E-state index in [4.69, 9.17) is 20.6 Å². The summed E-state index contributed by atoms with van der Waals surface area (Å²) in [4.78, 5) is 29.9. The lowest BCUT2D eigenvalue weighted by atomic mass is 9.77. The molecule has 4 aromatic rings. The highest BCUT2D eigenvalue weighted by molar-refractivity contribution is 6.05. The van der Waals surface area contributed by atoms with Crippen molar-refractivity contribution in [3.63, 3.8) is 0 Å². The highest BCUT2D eigenvalue weighted by Crippen LogP contribution is 2.46. The van der Waals surface area contributed by atoms with Crippen LogP contribution in [0, 0.1) is 5.41 Å². The number of primary amides is 1. The fraction of sp³-hybridized carbons (Fsp3) is 0.432. The van der Waals surface area contributed by atoms with Crippen LogP contribution in [0.1, 0.15) is 30.4 Å². The fourth-order valence-corrected chi connectivity index (χ4v) is 6.90. The number of carboxylic acids is 1. The number of aliphatic carboxylic acids is 1. The number of aromatic nitrogens is 1. The number of rotatable bonds is 9. The van der Waals surface area contributed by atoms with Gasteiger partial charge >= 0.3 is 18.3 Å². The van der Waals surface area contributed by atoms with Gasteiger partial charge in [-0.05, 0) is 59.6 Å². The van der Waals surface area contributed by atoms with Gasteiger partial charge in [-0.3, -0.25) is 24.4 Å². The number of hydrogen-bond donors (Lipinski definition) is 2. The fourth-order valence-electron chi connectivity index (χ4n) is 6.90. The molecule has 8 nitrogen and oxygen atoms in total. The molecule has 16 heteroatoms. The summed E-state index contributed by atoms with van der Waals surface area (Å²) in [6.07, 6.45) is -12.4. The Bertz CT molecular complexity index is 1910. The van der Waals surface area contributed by atoms with Gasteiger partial charge in [0.05, 0.1) is 18.8 Å². The van der Waals surface area contributed by atoms with Gasteiger partial charge in [-0.2, -0.15) is 26.3 Å². The SMILES string of the molecule is NC(=O)C1(C(F)(F)F)CCN(CC(F)F)CC1.O=C(O)CCc1cccc2c(-c3ncc(CN4CCOC(C(F)(F)F)C4)c4ccccc34)cccc12. The minimum atomic E-state index is -4.73. The molecule has 6 rings (SSSR count). The van der Waals surface area contributed by atoms with Gasteiger partial charge in [-0.1, -0.05) is 60.7 Å². The molecule has 53 heavy (non-hydrogen) atoms. The van der Waals surface area contributed by atoms with E-state index in [0.717, 1.165) is 43.9 Å². The highest BCUT2D eigenvalue weighted by atomic mass is 19.4. The van der Waals surface area contributed by atoms with Crippen molar-refractivity contribution in [3.8, 4) is 11.3 Å². The summed E-state index contributed by atoms with van der Waals surface area (Å²) in [6, 6.07) is 19.6. The first-order chi connectivity index (χ1) is 25.0. The summed E-state index contributed by atoms with van der Waals surface area (Å²) in [5, 5.41) is 12.9. The summed E-state index contributed by atoms with van der Waals surface area (Å²) in [5.41, 5.74) is 5.78. The number of aryl methyl sites for hydroxylation is 1. The number of likely N-dealkylation sites (tertiary alicyclic amines) is 1. The van der Waals surface area contributed by atoms with E-state index in [0.29, 0.717) is 19.5 Å². The number of carbonyl (C=O) groups is 2. The second kappa shape index (κ2) is 16.3. The van der Waals surface area contributed by atoms with Crippen molar-refractivity contribution in [3.05, 3.63) is 78.0 Å². The van der Waals surface area contributed by atoms with Crippen molar-refractivity contribution in [1.29, 1.82) is 0 Å². The van der Waals surface area contributed by atoms with Crippen molar-refractivity contribution < 1.29 is 54.6 Å². The first-order valence-electron chi connectivity index (χ1n) is 16.9. The van der Waals surface area contributed by atoms with Gasteiger partial charge in [-0.25, -0.2) is 8.78 Å². The summed E-state index contributed by atoms with van der Waals surface area (Å²) < 4.78 is 107. The Morgan fingerprint density at radius 1 is 0.868 bits per heavy atom. The van der Waals surface area contributed by atoms with E-state index < -0.39 is 61.6 Å². The molecule has 0 spiro atoms. The van der Waals surface area contributed by atoms with Gasteiger partial charge in [0.25, 0.3) is 6.43 Å². The molecule has 0 saturated carbocycles. The molecule has 1 unspecified atom stereocenters. The first kappa shape index (κ1) is 39.8. The smallest absolute Gasteiger partial charge is 0.415 e. The van der Waals surface area contributed by atoms with E-state index in [-0.39, 0.29) is 32.7 Å². The number of morpholine rings is 1. The zero-order valence-corrected chi connectivity index (χ0v) is 28.4. The molecule has 1 aromatic heterocycles. The number of fused-ring (bicyclic) bond motifs is 2. The maximum absolute atomic E-state index is 13.2. The molecule has 2 fully saturated rings. The van der Waals surface area contributed by atoms with E-state index >= 15 is 0 Å². The zero-order chi connectivity index (χ0) is 38.6. The van der Waals surface area contributed by atoms with Crippen LogP contribution < -0.4 is 5.73 Å². The Morgan fingerprint density at radius 2 is 1.49 bits per heavy atom. The second-order valence-electron chi connectivity index (χ2n) is 13.2. The molecular weight excluding hydrogens is 716 g/mol. The average molecular weight is 755 g/mol. The molecule has 2 aliphatic heterocycles. The molecule has 0 bridgehead atoms. The van der Waals surface area contributed by atoms with Gasteiger partial charge in [0.15, 0.2) is 6.10 Å². The third-order valence-corrected chi connectivity index (χ3v) is 9.78. The van der Waals surface area contributed by atoms with Crippen LogP contribution in [0.5, 0.6) is 0 Å². The monoisotopic (exact) mass is 754 g/mol. The normalized spacial score (nSPS) is 18.5. The maximum atomic E-state index is 13.2. The zero-order valence-electron chi connectivity index (χ0n) is 28.4. The van der Waals surface area contributed by atoms with E-state index in [1.807, 2.05) is 60.7 Å². The van der Waals surface area contributed by atoms with Crippen molar-refractivity contribution in [2.75, 3.05) is 39.3 Å². The summed E-state index contributed by atoms with van der Waals surface area (Å²) in [6.45, 7) is -0.383. The topological polar surface area (TPSA) is 109 Å². The first-order valence-corrected chi connectivity index (χ1v) is 16.9. The van der Waals surface area contributed by atoms with Crippen LogP contribution >= 0.6 is 0 Å². The maximum Gasteiger partial charge on any atom is 0.415 e. The Labute approximate surface area is 299 Å². The van der Waals surface area contributed by atoms with E-state index in [9.17, 15) is 44.7 Å². The lowest BCUT2D eigenvalue weighted by Gasteiger charge is -2.40. The van der Waals surface area contributed by atoms with Gasteiger partial charge in [0.1, 0.15) is 5.41 Å². The molecule has 0 aliphatic carbocycles. The van der Waals surface area contributed by atoms with E-state index in [1.165, 1.54) is 4.90 Å². The Hall–Kier alpha value is -4.41. The van der Waals surface area contributed by atoms with Crippen LogP contribution in [0.15, 0.2) is 66.9 Å². The lowest BCUT2D eigenvalue weighted by Crippen LogP contribution is -2.55. The van der Waals surface area contributed by atoms with Crippen molar-refractivity contribution in [2.24, 2.45) is 11.1 Å². The predicted molar refractivity (Wildman–Crippen MR) is 181 cm³/mol. The number of piperidine rings is 1. The number of pyridine rings is 1. The number of nitrogens with two attached hydrogens (primary N) is 1. The van der Waals surface area contributed by atoms with Gasteiger partial charge in [0.2, 0.25) is 5.91 Å². The molecule has 2 aliphatic rings. The summed E-state index contributed by atoms with van der Waals surface area (Å²) in [5.74, 6) is -2.27. The number of ether oxygens (including phenoxy) is 1. The van der Waals surface area contributed by atoms with Gasteiger partial charge in [-0.15, -0.1) is 0 Å². The number of carboxylic acid groups (broad SMARTS) is 1. The minimum absolute atomic E-state index is 0.0356. The molecule has 1 atom stereocenters. The van der Waals surface area contributed by atoms with Crippen molar-refractivity contribution >= 4 is 33.4 Å². The van der Waals surface area contributed by atoms with Crippen LogP contribution in [0.4, 0.5) is 35.1 Å². The number of halogens is 8. The minimum Gasteiger partial charge on any atom is -0.481 e. The third kappa shape index (κ3) is 9.22. The number of benzene rings is 3. The van der Waals surface area contributed by atoms with Crippen LogP contribution in [-0.4, -0.2) is 96.0 Å². The number of alkyl halides is 8. The molecule has 3 heterocycles. The molecule has 1 amide bonds. The summed E-state index contributed by atoms with van der Waals surface area (Å²) in [7, 11) is 0. The standard InChI is InChI=1S/C28H25F3N2O3.C9H13F5N2O/c29-28(30,31)25-17-33(13-14-36-25)16-19-15-32-27(23-7-2-1-6-21(19)23)24-10-4-8-20-18(11-12-26(34)35)5-3-9-22(20)24;10-6(11)5-16-3-1-8(2-4-16,7(15)17)9(12,13)14/h1-10,15,25H,11-14,16-17H2,(H,34,35);6H,1-5H2,(H2,15,17). The van der Waals surface area contributed by atoms with Crippen molar-refractivity contribution in [2.45, 2.75) is 57.1 Å². The molecular formula is C37H38F8N4O4. The number of hydrogen-bond acceptors (Lipinski definition) is 6. The Morgan fingerprint density at radius 3 is 2.11 bits per heavy atom. The highest BCUT2D eigenvalue weighted by Gasteiger charge is 2.60. The number of nitrogens with zero attached hydrogens (tertiary/aromatic N) is 3. The number of carbonyl (C=O) groups excluding carboxylic acids is 1. The summed E-state index contributed by atoms with van der Waals surface area (Å²) >= 11 is 0. The van der Waals surface area contributed by atoms with Crippen LogP contribution in [0.3, 0.4) is 0 Å². The predicted octanol–water partition coefficient (Wildman–Crippen LogP) is 7.22. The molecule has 3 aromatic carbocycles. The van der Waals surface area contributed by atoms with E-state index in [2.05, 4.69) is 0 Å². The Balaban J connectivity index is 0.000000268. The van der Waals surface area contributed by atoms with Crippen LogP contribution in [0.25, 0.3) is 32.8 Å². The lowest BCUT2D eigenvalue weighted by molar-refractivity contribution is -0.237. The molecule has 286 valence electrons. The molecule has 3 N–H and O–H groups in total. The molecule has 2 saturated heterocycles. The average Bonchev–Trinajstić information content (AvgIpc) is 3.10. The van der Waals surface area contributed by atoms with Gasteiger partial charge in [0, 0.05) is 43.2 Å². The number of amides is 1. The van der Waals surface area contributed by atoms with Crippen molar-refractivity contribution in [1.82, 2.24) is 14.8 Å². The second-order valence-corrected chi connectivity index (χ2v) is 13.2. The van der Waals surface area contributed by atoms with Gasteiger partial charge < -0.3 is 15.6 Å². The third-order valence-electron chi connectivity index (χ3n) is 9.78. The largest absolute Gasteiger partial charge is 0.481 e. The van der Waals surface area contributed by atoms with E-state index in [1.54, 1.807) is 11.1 Å². The van der Waals surface area contributed by atoms with Crippen LogP contribution in [-0.2, 0) is 27.3 Å². The quantitative estimate of drug-likeness (QED) is 0.174. The molecule has 0 radical (unpaired) electrons. The van der Waals surface area contributed by atoms with Crippen LogP contribution in [0.2, 0.25) is 0 Å². The Kier molecular flexibility index (Phi) is 12.2.